The number of nitrogens with zero attached hydrogens (tertiary/aromatic N) is 4. The van der Waals surface area contributed by atoms with Gasteiger partial charge in [0.2, 0.25) is 10.0 Å². The number of benzene rings is 1. The summed E-state index contributed by atoms with van der Waals surface area (Å²) in [4.78, 5) is 14.2. The second-order valence-electron chi connectivity index (χ2n) is 7.26. The number of likely N-dealkylation sites (tertiary alicyclic amines) is 1. The first-order chi connectivity index (χ1) is 13.4. The molecule has 0 radical (unpaired) electrons. The molecular weight excluding hydrogens is 386 g/mol. The van der Waals surface area contributed by atoms with Crippen LogP contribution in [0.1, 0.15) is 25.7 Å². The van der Waals surface area contributed by atoms with Crippen LogP contribution in [0.2, 0.25) is 0 Å². The average Bonchev–Trinajstić information content (AvgIpc) is 3.17. The maximum absolute atomic E-state index is 13.1. The molecule has 0 unspecified atom stereocenters. The Morgan fingerprint density at radius 3 is 2.75 bits per heavy atom. The van der Waals surface area contributed by atoms with Crippen molar-refractivity contribution in [3.8, 4) is 0 Å². The molecule has 10 nitrogen and oxygen atoms in total. The van der Waals surface area contributed by atoms with Gasteiger partial charge >= 0.3 is 6.03 Å². The molecule has 28 heavy (non-hydrogen) atoms. The highest BCUT2D eigenvalue weighted by Crippen LogP contribution is 2.26. The quantitative estimate of drug-likeness (QED) is 0.757. The third kappa shape index (κ3) is 3.69. The lowest BCUT2D eigenvalue weighted by Crippen LogP contribution is -2.54. The van der Waals surface area contributed by atoms with Crippen molar-refractivity contribution in [1.82, 2.24) is 24.8 Å². The molecule has 2 aromatic rings. The van der Waals surface area contributed by atoms with Crippen LogP contribution in [0, 0.1) is 0 Å². The Bertz CT molecular complexity index is 954. The minimum atomic E-state index is -3.79. The predicted octanol–water partition coefficient (Wildman–Crippen LogP) is 0.542. The molecule has 2 saturated heterocycles. The van der Waals surface area contributed by atoms with Gasteiger partial charge in [0.1, 0.15) is 10.4 Å². The fraction of sp³-hybridized carbons (Fsp3) is 0.588. The largest absolute Gasteiger partial charge is 0.393 e. The van der Waals surface area contributed by atoms with Crippen molar-refractivity contribution in [1.29, 1.82) is 0 Å². The van der Waals surface area contributed by atoms with Gasteiger partial charge in [0.05, 0.1) is 6.10 Å². The third-order valence-corrected chi connectivity index (χ3v) is 7.23. The normalized spacial score (nSPS) is 22.5. The summed E-state index contributed by atoms with van der Waals surface area (Å²) in [6.45, 7) is 1.59. The number of carbonyl (C=O) groups is 1. The number of carbonyl (C=O) groups excluding carboxylic acids is 1. The van der Waals surface area contributed by atoms with Gasteiger partial charge in [-0.15, -0.1) is 0 Å². The first kappa shape index (κ1) is 19.1. The molecule has 2 aliphatic heterocycles. The molecule has 152 valence electrons. The number of aromatic nitrogens is 2. The fourth-order valence-electron chi connectivity index (χ4n) is 3.74. The minimum absolute atomic E-state index is 0.0586. The van der Waals surface area contributed by atoms with E-state index < -0.39 is 10.0 Å². The Hall–Kier alpha value is -2.24. The van der Waals surface area contributed by atoms with Gasteiger partial charge in [-0.3, -0.25) is 0 Å². The number of aliphatic hydroxyl groups is 1. The van der Waals surface area contributed by atoms with Crippen LogP contribution in [-0.2, 0) is 10.0 Å². The van der Waals surface area contributed by atoms with E-state index in [1.54, 1.807) is 17.0 Å². The van der Waals surface area contributed by atoms with Crippen molar-refractivity contribution in [3.63, 3.8) is 0 Å². The Morgan fingerprint density at radius 2 is 1.96 bits per heavy atom. The van der Waals surface area contributed by atoms with Crippen molar-refractivity contribution >= 4 is 27.1 Å². The summed E-state index contributed by atoms with van der Waals surface area (Å²) < 4.78 is 32.3. The summed E-state index contributed by atoms with van der Waals surface area (Å²) in [5.41, 5.74) is 0.593. The molecule has 2 amide bonds. The van der Waals surface area contributed by atoms with E-state index in [0.29, 0.717) is 50.8 Å². The molecule has 1 aromatic heterocycles. The van der Waals surface area contributed by atoms with Gasteiger partial charge in [-0.05, 0) is 48.1 Å². The topological polar surface area (TPSA) is 129 Å². The summed E-state index contributed by atoms with van der Waals surface area (Å²) in [5, 5.41) is 19.9. The average molecular weight is 409 g/mol. The highest BCUT2D eigenvalue weighted by atomic mass is 32.2. The zero-order valence-electron chi connectivity index (χ0n) is 15.3. The minimum Gasteiger partial charge on any atom is -0.393 e. The van der Waals surface area contributed by atoms with E-state index in [0.717, 1.165) is 0 Å². The van der Waals surface area contributed by atoms with E-state index in [9.17, 15) is 18.3 Å². The van der Waals surface area contributed by atoms with Crippen LogP contribution >= 0.6 is 0 Å². The van der Waals surface area contributed by atoms with E-state index in [1.165, 1.54) is 10.4 Å². The second kappa shape index (κ2) is 7.64. The lowest BCUT2D eigenvalue weighted by Gasteiger charge is -2.35. The SMILES string of the molecule is O=C(N[C@H]1CCCN(S(=O)(=O)c2cccc3nonc23)C1)N1CCC(O)CC1. The van der Waals surface area contributed by atoms with Crippen LogP contribution < -0.4 is 5.32 Å². The molecule has 1 atom stereocenters. The summed E-state index contributed by atoms with van der Waals surface area (Å²) in [7, 11) is -3.79. The van der Waals surface area contributed by atoms with Gasteiger partial charge in [0, 0.05) is 32.2 Å². The molecule has 0 saturated carbocycles. The number of rotatable bonds is 3. The highest BCUT2D eigenvalue weighted by Gasteiger charge is 2.33. The number of sulfonamides is 1. The second-order valence-corrected chi connectivity index (χ2v) is 9.16. The molecule has 11 heteroatoms. The molecule has 2 N–H and O–H groups in total. The maximum Gasteiger partial charge on any atom is 0.317 e. The van der Waals surface area contributed by atoms with Gasteiger partial charge in [-0.1, -0.05) is 6.07 Å². The summed E-state index contributed by atoms with van der Waals surface area (Å²) >= 11 is 0. The van der Waals surface area contributed by atoms with Crippen LogP contribution in [0.3, 0.4) is 0 Å². The number of fused-ring (bicyclic) bond motifs is 1. The number of urea groups is 1. The van der Waals surface area contributed by atoms with Crippen molar-refractivity contribution in [2.75, 3.05) is 26.2 Å². The van der Waals surface area contributed by atoms with E-state index in [4.69, 9.17) is 0 Å². The van der Waals surface area contributed by atoms with Crippen molar-refractivity contribution < 1.29 is 22.9 Å². The monoisotopic (exact) mass is 409 g/mol. The molecule has 1 aromatic carbocycles. The smallest absolute Gasteiger partial charge is 0.317 e. The molecule has 2 aliphatic rings. The first-order valence-corrected chi connectivity index (χ1v) is 10.8. The van der Waals surface area contributed by atoms with Gasteiger partial charge in [-0.2, -0.15) is 4.31 Å². The lowest BCUT2D eigenvalue weighted by atomic mass is 10.1. The zero-order chi connectivity index (χ0) is 19.7. The lowest BCUT2D eigenvalue weighted by molar-refractivity contribution is 0.0920. The van der Waals surface area contributed by atoms with Crippen molar-refractivity contribution in [3.05, 3.63) is 18.2 Å². The Labute approximate surface area is 162 Å². The standard InChI is InChI=1S/C17H23N5O5S/c23-13-6-9-21(10-7-13)17(24)18-12-3-2-8-22(11-12)28(25,26)15-5-1-4-14-16(15)20-27-19-14/h1,4-5,12-13,23H,2-3,6-11H2,(H,18,24)/t12-/m0/s1. The van der Waals surface area contributed by atoms with Gasteiger partial charge < -0.3 is 15.3 Å². The first-order valence-electron chi connectivity index (χ1n) is 9.40. The van der Waals surface area contributed by atoms with E-state index in [1.807, 2.05) is 0 Å². The molecule has 0 bridgehead atoms. The molecule has 0 aliphatic carbocycles. The van der Waals surface area contributed by atoms with Crippen LogP contribution in [0.15, 0.2) is 27.7 Å². The summed E-state index contributed by atoms with van der Waals surface area (Å²) in [5.74, 6) is 0. The van der Waals surface area contributed by atoms with E-state index in [-0.39, 0.29) is 35.1 Å². The maximum atomic E-state index is 13.1. The number of hydrogen-bond donors (Lipinski definition) is 2. The zero-order valence-corrected chi connectivity index (χ0v) is 16.1. The van der Waals surface area contributed by atoms with E-state index >= 15 is 0 Å². The van der Waals surface area contributed by atoms with Gasteiger partial charge in [-0.25, -0.2) is 17.8 Å². The van der Waals surface area contributed by atoms with Crippen molar-refractivity contribution in [2.45, 2.75) is 42.7 Å². The van der Waals surface area contributed by atoms with Gasteiger partial charge in [0.25, 0.3) is 0 Å². The molecule has 3 heterocycles. The van der Waals surface area contributed by atoms with E-state index in [2.05, 4.69) is 20.3 Å². The van der Waals surface area contributed by atoms with Crippen LogP contribution in [0.25, 0.3) is 11.0 Å². The van der Waals surface area contributed by atoms with Crippen molar-refractivity contribution in [2.24, 2.45) is 0 Å². The molecule has 2 fully saturated rings. The molecule has 0 spiro atoms. The van der Waals surface area contributed by atoms with Crippen LogP contribution in [0.5, 0.6) is 0 Å². The Balaban J connectivity index is 1.46. The fourth-order valence-corrected chi connectivity index (χ4v) is 5.40. The number of hydrogen-bond acceptors (Lipinski definition) is 7. The summed E-state index contributed by atoms with van der Waals surface area (Å²) in [6, 6.07) is 4.26. The van der Waals surface area contributed by atoms with Gasteiger partial charge in [0.15, 0.2) is 5.52 Å². The number of aliphatic hydroxyl groups excluding tert-OH is 1. The molecule has 4 rings (SSSR count). The highest BCUT2D eigenvalue weighted by molar-refractivity contribution is 7.89. The number of nitrogens with one attached hydrogen (secondary N) is 1. The third-order valence-electron chi connectivity index (χ3n) is 5.33. The predicted molar refractivity (Wildman–Crippen MR) is 98.9 cm³/mol. The number of piperidine rings is 2. The van der Waals surface area contributed by atoms with Crippen LogP contribution in [-0.4, -0.2) is 77.4 Å². The number of amides is 2. The summed E-state index contributed by atoms with van der Waals surface area (Å²) in [6.07, 6.45) is 2.14. The van der Waals surface area contributed by atoms with Crippen LogP contribution in [0.4, 0.5) is 4.79 Å². The molecular formula is C17H23N5O5S. The Morgan fingerprint density at radius 1 is 1.18 bits per heavy atom. The Kier molecular flexibility index (Phi) is 5.21.